The smallest absolute Gasteiger partial charge is 0.0732 e. The van der Waals surface area contributed by atoms with Gasteiger partial charge in [-0.25, -0.2) is 0 Å². The van der Waals surface area contributed by atoms with E-state index in [2.05, 4.69) is 17.6 Å². The third kappa shape index (κ3) is 5.12. The van der Waals surface area contributed by atoms with Crippen LogP contribution >= 0.6 is 12.6 Å². The number of nitrogens with zero attached hydrogens (tertiary/aromatic N) is 2. The molecular weight excluding hydrogens is 132 g/mol. The molecule has 0 atom stereocenters. The molecule has 0 aliphatic carbocycles. The summed E-state index contributed by atoms with van der Waals surface area (Å²) >= 11 is 3.79. The van der Waals surface area contributed by atoms with Crippen molar-refractivity contribution in [1.29, 1.82) is 5.26 Å². The Hall–Kier alpha value is -0.750. The van der Waals surface area contributed by atoms with Crippen molar-refractivity contribution in [1.82, 2.24) is 0 Å². The Kier molecular flexibility index (Phi) is 4.94. The van der Waals surface area contributed by atoms with Gasteiger partial charge in [0.15, 0.2) is 0 Å². The van der Waals surface area contributed by atoms with Crippen LogP contribution in [0.1, 0.15) is 13.3 Å². The highest BCUT2D eigenvalue weighted by atomic mass is 32.1. The van der Waals surface area contributed by atoms with Gasteiger partial charge in [-0.05, 0) is 12.3 Å². The van der Waals surface area contributed by atoms with Crippen molar-refractivity contribution < 1.29 is 0 Å². The topological polar surface area (TPSA) is 36.1 Å². The summed E-state index contributed by atoms with van der Waals surface area (Å²) < 4.78 is 0. The quantitative estimate of drug-likeness (QED) is 0.460. The van der Waals surface area contributed by atoms with Gasteiger partial charge >= 0.3 is 0 Å². The van der Waals surface area contributed by atoms with Crippen LogP contribution in [0.15, 0.2) is 16.6 Å². The molecule has 0 bridgehead atoms. The van der Waals surface area contributed by atoms with Gasteiger partial charge in [0.25, 0.3) is 0 Å². The Morgan fingerprint density at radius 3 is 3.00 bits per heavy atom. The van der Waals surface area contributed by atoms with Crippen molar-refractivity contribution in [2.75, 3.05) is 0 Å². The molecule has 0 aromatic carbocycles. The zero-order chi connectivity index (χ0) is 7.11. The van der Waals surface area contributed by atoms with Crippen LogP contribution in [0.3, 0.4) is 0 Å². The predicted octanol–water partition coefficient (Wildman–Crippen LogP) is 1.76. The molecule has 0 amide bonds. The zero-order valence-corrected chi connectivity index (χ0v) is 6.10. The first kappa shape index (κ1) is 8.25. The maximum atomic E-state index is 8.16. The minimum Gasteiger partial charge on any atom is -0.264 e. The third-order valence-electron chi connectivity index (χ3n) is 0.696. The van der Waals surface area contributed by atoms with Crippen LogP contribution in [0, 0.1) is 11.3 Å². The van der Waals surface area contributed by atoms with Gasteiger partial charge in [-0.2, -0.15) is 5.26 Å². The molecule has 9 heavy (non-hydrogen) atoms. The summed E-state index contributed by atoms with van der Waals surface area (Å²) in [5.41, 5.74) is 0.808. The molecule has 48 valence electrons. The van der Waals surface area contributed by atoms with Crippen molar-refractivity contribution in [3.05, 3.63) is 11.6 Å². The van der Waals surface area contributed by atoms with Crippen molar-refractivity contribution >= 4 is 18.3 Å². The molecule has 2 nitrogen and oxygen atoms in total. The maximum Gasteiger partial charge on any atom is 0.0732 e. The van der Waals surface area contributed by atoms with Crippen molar-refractivity contribution in [2.45, 2.75) is 13.3 Å². The number of aliphatic imine (C=N–C) groups is 1. The highest BCUT2D eigenvalue weighted by Crippen LogP contribution is 1.86. The van der Waals surface area contributed by atoms with E-state index in [1.54, 1.807) is 13.1 Å². The molecule has 0 saturated carbocycles. The second-order valence-corrected chi connectivity index (χ2v) is 1.80. The highest BCUT2D eigenvalue weighted by Gasteiger charge is 1.83. The lowest BCUT2D eigenvalue weighted by atomic mass is 10.3. The van der Waals surface area contributed by atoms with Gasteiger partial charge in [0.2, 0.25) is 0 Å². The molecule has 0 radical (unpaired) electrons. The van der Waals surface area contributed by atoms with E-state index in [4.69, 9.17) is 5.26 Å². The van der Waals surface area contributed by atoms with Crippen LogP contribution in [0.2, 0.25) is 0 Å². The van der Waals surface area contributed by atoms with E-state index in [0.29, 0.717) is 6.42 Å². The first-order valence-corrected chi connectivity index (χ1v) is 3.02. The lowest BCUT2D eigenvalue weighted by Gasteiger charge is -1.84. The SMILES string of the molecule is CC(CC#N)=N/C=C\S. The first-order valence-electron chi connectivity index (χ1n) is 2.50. The third-order valence-corrected chi connectivity index (χ3v) is 0.830. The fourth-order valence-electron chi connectivity index (χ4n) is 0.321. The van der Waals surface area contributed by atoms with Gasteiger partial charge in [-0.3, -0.25) is 4.99 Å². The Labute approximate surface area is 60.3 Å². The minimum absolute atomic E-state index is 0.387. The fourth-order valence-corrected chi connectivity index (χ4v) is 0.387. The Morgan fingerprint density at radius 2 is 2.56 bits per heavy atom. The highest BCUT2D eigenvalue weighted by molar-refractivity contribution is 7.83. The molecule has 0 rings (SSSR count). The summed E-state index contributed by atoms with van der Waals surface area (Å²) in [6.07, 6.45) is 1.94. The number of rotatable bonds is 2. The zero-order valence-electron chi connectivity index (χ0n) is 5.20. The molecule has 0 aliphatic heterocycles. The molecule has 0 N–H and O–H groups in total. The standard InChI is InChI=1S/C6H8N2S/c1-6(2-3-7)8-4-5-9/h4-5,9H,2H2,1H3/b5-4-,8-6?. The van der Waals surface area contributed by atoms with Gasteiger partial charge in [-0.15, -0.1) is 12.6 Å². The molecule has 0 unspecified atom stereocenters. The summed E-state index contributed by atoms with van der Waals surface area (Å²) in [4.78, 5) is 3.87. The summed E-state index contributed by atoms with van der Waals surface area (Å²) in [6.45, 7) is 1.80. The molecule has 0 fully saturated rings. The first-order chi connectivity index (χ1) is 4.31. The Bertz CT molecular complexity index is 164. The number of thiol groups is 1. The van der Waals surface area contributed by atoms with Gasteiger partial charge in [0.1, 0.15) is 0 Å². The number of nitriles is 1. The normalized spacial score (nSPS) is 11.9. The van der Waals surface area contributed by atoms with Crippen molar-refractivity contribution in [3.8, 4) is 6.07 Å². The molecule has 3 heteroatoms. The van der Waals surface area contributed by atoms with E-state index in [-0.39, 0.29) is 0 Å². The molecule has 0 saturated heterocycles. The molecule has 0 spiro atoms. The summed E-state index contributed by atoms with van der Waals surface area (Å²) in [5, 5.41) is 9.69. The Morgan fingerprint density at radius 1 is 1.89 bits per heavy atom. The van der Waals surface area contributed by atoms with Crippen LogP contribution in [0.5, 0.6) is 0 Å². The van der Waals surface area contributed by atoms with E-state index < -0.39 is 0 Å². The fraction of sp³-hybridized carbons (Fsp3) is 0.333. The van der Waals surface area contributed by atoms with Crippen LogP contribution in [-0.2, 0) is 0 Å². The minimum atomic E-state index is 0.387. The van der Waals surface area contributed by atoms with E-state index in [1.807, 2.05) is 6.07 Å². The van der Waals surface area contributed by atoms with Crippen LogP contribution < -0.4 is 0 Å². The summed E-state index contributed by atoms with van der Waals surface area (Å²) in [5.74, 6) is 0. The van der Waals surface area contributed by atoms with Gasteiger partial charge in [0, 0.05) is 11.9 Å². The van der Waals surface area contributed by atoms with E-state index >= 15 is 0 Å². The molecule has 0 aromatic heterocycles. The average molecular weight is 140 g/mol. The van der Waals surface area contributed by atoms with Gasteiger partial charge < -0.3 is 0 Å². The van der Waals surface area contributed by atoms with Crippen molar-refractivity contribution in [2.24, 2.45) is 4.99 Å². The summed E-state index contributed by atoms with van der Waals surface area (Å²) in [6, 6.07) is 1.99. The molecule has 0 aliphatic rings. The van der Waals surface area contributed by atoms with E-state index in [0.717, 1.165) is 5.71 Å². The number of hydrogen-bond acceptors (Lipinski definition) is 3. The maximum absolute atomic E-state index is 8.16. The van der Waals surface area contributed by atoms with Gasteiger partial charge in [-0.1, -0.05) is 0 Å². The van der Waals surface area contributed by atoms with Crippen LogP contribution in [-0.4, -0.2) is 5.71 Å². The lowest BCUT2D eigenvalue weighted by molar-refractivity contribution is 1.36. The molecule has 0 heterocycles. The van der Waals surface area contributed by atoms with Crippen LogP contribution in [0.25, 0.3) is 0 Å². The molecular formula is C6H8N2S. The number of hydrogen-bond donors (Lipinski definition) is 1. The average Bonchev–Trinajstić information content (AvgIpc) is 1.85. The Balaban J connectivity index is 3.72. The van der Waals surface area contributed by atoms with Gasteiger partial charge in [0.05, 0.1) is 12.5 Å². The van der Waals surface area contributed by atoms with Crippen molar-refractivity contribution in [3.63, 3.8) is 0 Å². The lowest BCUT2D eigenvalue weighted by Crippen LogP contribution is -1.85. The second kappa shape index (κ2) is 5.39. The predicted molar refractivity (Wildman–Crippen MR) is 41.5 cm³/mol. The van der Waals surface area contributed by atoms with E-state index in [9.17, 15) is 0 Å². The molecule has 0 aromatic rings. The van der Waals surface area contributed by atoms with E-state index in [1.165, 1.54) is 5.41 Å². The largest absolute Gasteiger partial charge is 0.264 e. The van der Waals surface area contributed by atoms with Crippen LogP contribution in [0.4, 0.5) is 0 Å². The second-order valence-electron chi connectivity index (χ2n) is 1.50. The monoisotopic (exact) mass is 140 g/mol. The summed E-state index contributed by atoms with van der Waals surface area (Å²) in [7, 11) is 0.